The predicted octanol–water partition coefficient (Wildman–Crippen LogP) is 4.74. The first-order valence-corrected chi connectivity index (χ1v) is 10.5. The van der Waals surface area contributed by atoms with E-state index < -0.39 is 0 Å². The van der Waals surface area contributed by atoms with E-state index in [0.717, 1.165) is 24.7 Å². The number of thiocarbonyl (C=S) groups is 1. The number of hydrogen-bond acceptors (Lipinski definition) is 5. The Morgan fingerprint density at radius 3 is 2.50 bits per heavy atom. The van der Waals surface area contributed by atoms with Crippen LogP contribution in [0.4, 0.5) is 5.69 Å². The van der Waals surface area contributed by atoms with Crippen molar-refractivity contribution in [3.05, 3.63) is 81.5 Å². The lowest BCUT2D eigenvalue weighted by Gasteiger charge is -2.13. The summed E-state index contributed by atoms with van der Waals surface area (Å²) >= 11 is 8.44. The highest BCUT2D eigenvalue weighted by Gasteiger charge is 2.31. The molecule has 0 atom stereocenters. The van der Waals surface area contributed by atoms with Crippen LogP contribution in [0.15, 0.2) is 71.2 Å². The molecule has 1 aliphatic rings. The van der Waals surface area contributed by atoms with Gasteiger partial charge in [-0.2, -0.15) is 0 Å². The molecule has 1 saturated heterocycles. The Balaban J connectivity index is 1.58. The Hall–Kier alpha value is -2.87. The molecule has 0 radical (unpaired) electrons. The van der Waals surface area contributed by atoms with Gasteiger partial charge in [0, 0.05) is 15.0 Å². The summed E-state index contributed by atoms with van der Waals surface area (Å²) in [6.45, 7) is 0. The number of nitrogens with one attached hydrogen (secondary N) is 1. The molecule has 136 valence electrons. The fourth-order valence-corrected chi connectivity index (χ4v) is 5.91. The van der Waals surface area contributed by atoms with Gasteiger partial charge < -0.3 is 5.32 Å². The van der Waals surface area contributed by atoms with E-state index in [0.29, 0.717) is 16.2 Å². The summed E-state index contributed by atoms with van der Waals surface area (Å²) in [6, 6.07) is 18.7. The van der Waals surface area contributed by atoms with Gasteiger partial charge in [0.25, 0.3) is 5.91 Å². The molecule has 0 spiro atoms. The maximum Gasteiger partial charge on any atom is 0.281 e. The molecule has 1 fully saturated rings. The van der Waals surface area contributed by atoms with Crippen LogP contribution in [0.5, 0.6) is 0 Å². The molecular weight excluding hydrogens is 408 g/mol. The molecule has 0 saturated carbocycles. The fourth-order valence-electron chi connectivity index (χ4n) is 3.17. The van der Waals surface area contributed by atoms with E-state index in [1.54, 1.807) is 17.4 Å². The van der Waals surface area contributed by atoms with Gasteiger partial charge in [-0.3, -0.25) is 14.5 Å². The van der Waals surface area contributed by atoms with Crippen molar-refractivity contribution in [3.8, 4) is 0 Å². The number of para-hydroxylation sites is 1. The molecule has 1 N–H and O–H groups in total. The average molecular weight is 421 g/mol. The predicted molar refractivity (Wildman–Crippen MR) is 121 cm³/mol. The second kappa shape index (κ2) is 6.63. The largest absolute Gasteiger partial charge is 0.327 e. The van der Waals surface area contributed by atoms with Gasteiger partial charge in [-0.25, -0.2) is 0 Å². The first kappa shape index (κ1) is 17.2. The molecule has 4 aromatic rings. The smallest absolute Gasteiger partial charge is 0.281 e. The van der Waals surface area contributed by atoms with Crippen LogP contribution in [-0.4, -0.2) is 11.0 Å². The zero-order valence-electron chi connectivity index (χ0n) is 14.3. The SMILES string of the molecule is O=C1/C(=C/c2cc3c(=O)c4ccccc4sc3s2)NC(=S)N1c1ccccc1. The zero-order chi connectivity index (χ0) is 19.3. The van der Waals surface area contributed by atoms with E-state index in [2.05, 4.69) is 5.32 Å². The standard InChI is InChI=1S/C21H12N2O2S3/c24-18-14-8-4-5-9-17(14)28-20-15(18)10-13(27-20)11-16-19(25)23(21(26)22-16)12-6-2-1-3-7-12/h1-11H,(H,22,26)/b16-11-. The first-order chi connectivity index (χ1) is 13.6. The Morgan fingerprint density at radius 2 is 1.68 bits per heavy atom. The lowest BCUT2D eigenvalue weighted by molar-refractivity contribution is -0.113. The van der Waals surface area contributed by atoms with Crippen molar-refractivity contribution in [3.63, 3.8) is 0 Å². The summed E-state index contributed by atoms with van der Waals surface area (Å²) in [6.07, 6.45) is 1.76. The molecule has 28 heavy (non-hydrogen) atoms. The van der Waals surface area contributed by atoms with E-state index in [9.17, 15) is 9.59 Å². The van der Waals surface area contributed by atoms with Gasteiger partial charge in [0.05, 0.1) is 15.1 Å². The van der Waals surface area contributed by atoms with Crippen molar-refractivity contribution in [2.24, 2.45) is 0 Å². The van der Waals surface area contributed by atoms with Crippen LogP contribution < -0.4 is 15.6 Å². The van der Waals surface area contributed by atoms with E-state index in [1.807, 2.05) is 60.7 Å². The summed E-state index contributed by atoms with van der Waals surface area (Å²) in [5.74, 6) is -0.204. The van der Waals surface area contributed by atoms with Gasteiger partial charge in [-0.05, 0) is 48.6 Å². The molecule has 2 aromatic heterocycles. The number of thiophene rings is 1. The normalized spacial score (nSPS) is 15.7. The third-order valence-corrected chi connectivity index (χ3v) is 7.12. The Bertz CT molecular complexity index is 1350. The maximum atomic E-state index is 12.8. The second-order valence-electron chi connectivity index (χ2n) is 6.24. The number of anilines is 1. The monoisotopic (exact) mass is 420 g/mol. The Morgan fingerprint density at radius 1 is 0.929 bits per heavy atom. The highest BCUT2D eigenvalue weighted by atomic mass is 32.2. The number of benzene rings is 2. The summed E-state index contributed by atoms with van der Waals surface area (Å²) in [4.78, 5) is 27.9. The number of carbonyl (C=O) groups excluding carboxylic acids is 1. The quantitative estimate of drug-likeness (QED) is 0.376. The first-order valence-electron chi connectivity index (χ1n) is 8.49. The van der Waals surface area contributed by atoms with Crippen molar-refractivity contribution >= 4 is 77.2 Å². The van der Waals surface area contributed by atoms with E-state index >= 15 is 0 Å². The van der Waals surface area contributed by atoms with Crippen LogP contribution in [0, 0.1) is 0 Å². The molecule has 1 amide bonds. The van der Waals surface area contributed by atoms with Gasteiger partial charge in [-0.15, -0.1) is 22.7 Å². The van der Waals surface area contributed by atoms with Crippen LogP contribution in [0.25, 0.3) is 25.6 Å². The topological polar surface area (TPSA) is 49.4 Å². The maximum absolute atomic E-state index is 12.8. The highest BCUT2D eigenvalue weighted by Crippen LogP contribution is 2.33. The summed E-state index contributed by atoms with van der Waals surface area (Å²) < 4.78 is 1.91. The van der Waals surface area contributed by atoms with Crippen LogP contribution in [0.1, 0.15) is 4.88 Å². The van der Waals surface area contributed by atoms with Crippen LogP contribution in [-0.2, 0) is 4.79 Å². The fraction of sp³-hybridized carbons (Fsp3) is 0. The van der Waals surface area contributed by atoms with Crippen molar-refractivity contribution < 1.29 is 4.79 Å². The number of carbonyl (C=O) groups is 1. The molecule has 0 unspecified atom stereocenters. The number of amides is 1. The van der Waals surface area contributed by atoms with Gasteiger partial charge >= 0.3 is 0 Å². The van der Waals surface area contributed by atoms with Gasteiger partial charge in [0.2, 0.25) is 0 Å². The van der Waals surface area contributed by atoms with Gasteiger partial charge in [0.15, 0.2) is 10.5 Å². The molecule has 0 bridgehead atoms. The number of rotatable bonds is 2. The third kappa shape index (κ3) is 2.75. The van der Waals surface area contributed by atoms with E-state index in [-0.39, 0.29) is 11.3 Å². The molecule has 1 aliphatic heterocycles. The number of hydrogen-bond donors (Lipinski definition) is 1. The third-order valence-electron chi connectivity index (χ3n) is 4.48. The Labute approximate surface area is 173 Å². The summed E-state index contributed by atoms with van der Waals surface area (Å²) in [5, 5.41) is 4.76. The molecule has 4 nitrogen and oxygen atoms in total. The van der Waals surface area contributed by atoms with Crippen LogP contribution in [0.2, 0.25) is 0 Å². The highest BCUT2D eigenvalue weighted by molar-refractivity contribution is 7.80. The minimum atomic E-state index is -0.204. The molecule has 5 rings (SSSR count). The molecule has 0 aliphatic carbocycles. The molecule has 7 heteroatoms. The van der Waals surface area contributed by atoms with Gasteiger partial charge in [0.1, 0.15) is 5.70 Å². The molecule has 2 aromatic carbocycles. The summed E-state index contributed by atoms with van der Waals surface area (Å²) in [5.41, 5.74) is 1.15. The summed E-state index contributed by atoms with van der Waals surface area (Å²) in [7, 11) is 0. The molecular formula is C21H12N2O2S3. The number of fused-ring (bicyclic) bond motifs is 2. The second-order valence-corrected chi connectivity index (χ2v) is 9.02. The minimum Gasteiger partial charge on any atom is -0.327 e. The Kier molecular flexibility index (Phi) is 4.08. The van der Waals surface area contributed by atoms with Crippen LogP contribution >= 0.6 is 34.9 Å². The van der Waals surface area contributed by atoms with Crippen molar-refractivity contribution in [1.82, 2.24) is 5.32 Å². The minimum absolute atomic E-state index is 0.0254. The lowest BCUT2D eigenvalue weighted by Crippen LogP contribution is -2.30. The van der Waals surface area contributed by atoms with Crippen molar-refractivity contribution in [2.45, 2.75) is 0 Å². The van der Waals surface area contributed by atoms with Crippen molar-refractivity contribution in [1.29, 1.82) is 0 Å². The number of nitrogens with zero attached hydrogens (tertiary/aromatic N) is 1. The van der Waals surface area contributed by atoms with E-state index in [1.165, 1.54) is 16.2 Å². The van der Waals surface area contributed by atoms with E-state index in [4.69, 9.17) is 12.2 Å². The van der Waals surface area contributed by atoms with Crippen LogP contribution in [0.3, 0.4) is 0 Å². The van der Waals surface area contributed by atoms with Crippen molar-refractivity contribution in [2.75, 3.05) is 4.90 Å². The zero-order valence-corrected chi connectivity index (χ0v) is 16.8. The average Bonchev–Trinajstić information content (AvgIpc) is 3.23. The van der Waals surface area contributed by atoms with Gasteiger partial charge in [-0.1, -0.05) is 30.3 Å². The molecule has 3 heterocycles. The lowest BCUT2D eigenvalue weighted by atomic mass is 10.2.